The molecule has 1 aromatic heterocycles. The van der Waals surface area contributed by atoms with Crippen molar-refractivity contribution >= 4 is 17.5 Å². The lowest BCUT2D eigenvalue weighted by atomic mass is 10.0. The first-order valence-corrected chi connectivity index (χ1v) is 9.83. The van der Waals surface area contributed by atoms with Gasteiger partial charge in [-0.25, -0.2) is 9.97 Å². The molecule has 8 nitrogen and oxygen atoms in total. The third-order valence-electron chi connectivity index (χ3n) is 5.30. The first-order valence-electron chi connectivity index (χ1n) is 9.83. The molecule has 4 rings (SSSR count). The number of amides is 1. The molecule has 0 atom stereocenters. The normalized spacial score (nSPS) is 18.1. The predicted octanol–water partition coefficient (Wildman–Crippen LogP) is 2.82. The number of carbonyl (C=O) groups excluding carboxylic acids is 1. The molecular weight excluding hydrogens is 372 g/mol. The van der Waals surface area contributed by atoms with Crippen molar-refractivity contribution in [1.29, 1.82) is 0 Å². The van der Waals surface area contributed by atoms with E-state index in [9.17, 15) is 4.79 Å². The zero-order valence-corrected chi connectivity index (χ0v) is 17.0. The van der Waals surface area contributed by atoms with Crippen LogP contribution in [0.3, 0.4) is 0 Å². The van der Waals surface area contributed by atoms with Gasteiger partial charge >= 0.3 is 0 Å². The highest BCUT2D eigenvalue weighted by molar-refractivity contribution is 5.92. The van der Waals surface area contributed by atoms with Gasteiger partial charge in [0.1, 0.15) is 11.4 Å². The van der Waals surface area contributed by atoms with Crippen molar-refractivity contribution in [3.8, 4) is 5.75 Å². The van der Waals surface area contributed by atoms with E-state index in [1.54, 1.807) is 18.1 Å². The van der Waals surface area contributed by atoms with E-state index in [-0.39, 0.29) is 5.91 Å². The average molecular weight is 398 g/mol. The van der Waals surface area contributed by atoms with Crippen molar-refractivity contribution in [2.75, 3.05) is 38.7 Å². The fourth-order valence-corrected chi connectivity index (χ4v) is 3.77. The first kappa shape index (κ1) is 19.6. The molecule has 1 spiro atoms. The minimum absolute atomic E-state index is 0.109. The number of ether oxygens (including phenoxy) is 3. The van der Waals surface area contributed by atoms with Crippen LogP contribution in [0.4, 0.5) is 11.6 Å². The van der Waals surface area contributed by atoms with E-state index < -0.39 is 5.79 Å². The summed E-state index contributed by atoms with van der Waals surface area (Å²) < 4.78 is 16.9. The molecule has 0 unspecified atom stereocenters. The third kappa shape index (κ3) is 4.18. The molecule has 0 bridgehead atoms. The van der Waals surface area contributed by atoms with Gasteiger partial charge in [-0.1, -0.05) is 6.07 Å². The summed E-state index contributed by atoms with van der Waals surface area (Å²) in [5.74, 6) is 0.439. The van der Waals surface area contributed by atoms with Gasteiger partial charge in [-0.05, 0) is 37.6 Å². The van der Waals surface area contributed by atoms with E-state index in [0.29, 0.717) is 62.2 Å². The summed E-state index contributed by atoms with van der Waals surface area (Å²) in [5.41, 5.74) is 2.92. The van der Waals surface area contributed by atoms with Gasteiger partial charge in [0.15, 0.2) is 5.79 Å². The fourth-order valence-electron chi connectivity index (χ4n) is 3.77. The van der Waals surface area contributed by atoms with Crippen LogP contribution in [0.15, 0.2) is 24.3 Å². The third-order valence-corrected chi connectivity index (χ3v) is 5.30. The highest BCUT2D eigenvalue weighted by Crippen LogP contribution is 2.32. The van der Waals surface area contributed by atoms with E-state index in [1.165, 1.54) is 0 Å². The molecule has 0 radical (unpaired) electrons. The number of rotatable bonds is 4. The number of carbonyl (C=O) groups is 1. The summed E-state index contributed by atoms with van der Waals surface area (Å²) in [6.07, 6.45) is 1.35. The molecule has 2 aliphatic heterocycles. The van der Waals surface area contributed by atoms with E-state index in [0.717, 1.165) is 11.3 Å². The molecular formula is C21H26N4O4. The molecule has 1 aromatic carbocycles. The SMILES string of the molecule is COc1ccc(C)cc1Nc1nc(C)cc(C(=O)N2CCC3(CC2)OCCO3)n1. The standard InChI is InChI=1S/C21H26N4O4/c1-14-4-5-18(27-3)16(12-14)23-20-22-15(2)13-17(24-20)19(26)25-8-6-21(7-9-25)28-10-11-29-21/h4-5,12-13H,6-11H2,1-3H3,(H,22,23,24). The molecule has 8 heteroatoms. The first-order chi connectivity index (χ1) is 14.0. The van der Waals surface area contributed by atoms with Crippen molar-refractivity contribution in [3.05, 3.63) is 41.2 Å². The van der Waals surface area contributed by atoms with Gasteiger partial charge in [-0.2, -0.15) is 0 Å². The number of aryl methyl sites for hydroxylation is 2. The van der Waals surface area contributed by atoms with Gasteiger partial charge in [0.05, 0.1) is 26.0 Å². The van der Waals surface area contributed by atoms with Gasteiger partial charge in [0.2, 0.25) is 5.95 Å². The second-order valence-electron chi connectivity index (χ2n) is 7.45. The van der Waals surface area contributed by atoms with Gasteiger partial charge in [-0.3, -0.25) is 4.79 Å². The fraction of sp³-hybridized carbons (Fsp3) is 0.476. The average Bonchev–Trinajstić information content (AvgIpc) is 3.16. The largest absolute Gasteiger partial charge is 0.495 e. The number of nitrogens with zero attached hydrogens (tertiary/aromatic N) is 3. The molecule has 1 amide bonds. The number of hydrogen-bond acceptors (Lipinski definition) is 7. The Labute approximate surface area is 170 Å². The number of aromatic nitrogens is 2. The zero-order valence-electron chi connectivity index (χ0n) is 17.0. The minimum atomic E-state index is -0.507. The van der Waals surface area contributed by atoms with Crippen molar-refractivity contribution in [3.63, 3.8) is 0 Å². The molecule has 29 heavy (non-hydrogen) atoms. The van der Waals surface area contributed by atoms with Crippen LogP contribution >= 0.6 is 0 Å². The van der Waals surface area contributed by atoms with Gasteiger partial charge in [-0.15, -0.1) is 0 Å². The number of benzene rings is 1. The quantitative estimate of drug-likeness (QED) is 0.847. The van der Waals surface area contributed by atoms with Gasteiger partial charge < -0.3 is 24.4 Å². The molecule has 0 saturated carbocycles. The van der Waals surface area contributed by atoms with Crippen molar-refractivity contribution < 1.29 is 19.0 Å². The lowest BCUT2D eigenvalue weighted by Crippen LogP contribution is -2.47. The monoisotopic (exact) mass is 398 g/mol. The van der Waals surface area contributed by atoms with E-state index in [1.807, 2.05) is 32.0 Å². The lowest BCUT2D eigenvalue weighted by molar-refractivity contribution is -0.181. The molecule has 1 N–H and O–H groups in total. The maximum absolute atomic E-state index is 13.0. The van der Waals surface area contributed by atoms with Crippen LogP contribution in [-0.2, 0) is 9.47 Å². The number of hydrogen-bond donors (Lipinski definition) is 1. The van der Waals surface area contributed by atoms with E-state index >= 15 is 0 Å². The van der Waals surface area contributed by atoms with E-state index in [4.69, 9.17) is 14.2 Å². The van der Waals surface area contributed by atoms with Crippen LogP contribution in [0, 0.1) is 13.8 Å². The topological polar surface area (TPSA) is 85.8 Å². The Morgan fingerprint density at radius 3 is 2.55 bits per heavy atom. The van der Waals surface area contributed by atoms with Crippen LogP contribution < -0.4 is 10.1 Å². The smallest absolute Gasteiger partial charge is 0.272 e. The number of nitrogens with one attached hydrogen (secondary N) is 1. The summed E-state index contributed by atoms with van der Waals surface area (Å²) in [6.45, 7) is 6.25. The van der Waals surface area contributed by atoms with E-state index in [2.05, 4.69) is 15.3 Å². The minimum Gasteiger partial charge on any atom is -0.495 e. The van der Waals surface area contributed by atoms with Gasteiger partial charge in [0, 0.05) is 31.6 Å². The molecule has 2 fully saturated rings. The summed E-state index contributed by atoms with van der Waals surface area (Å²) in [5, 5.41) is 3.18. The predicted molar refractivity (Wildman–Crippen MR) is 108 cm³/mol. The zero-order chi connectivity index (χ0) is 20.4. The molecule has 154 valence electrons. The number of likely N-dealkylation sites (tertiary alicyclic amines) is 1. The number of anilines is 2. The summed E-state index contributed by atoms with van der Waals surface area (Å²) in [6, 6.07) is 7.53. The lowest BCUT2D eigenvalue weighted by Gasteiger charge is -2.37. The van der Waals surface area contributed by atoms with Crippen LogP contribution in [0.1, 0.15) is 34.6 Å². The molecule has 3 heterocycles. The Morgan fingerprint density at radius 1 is 1.14 bits per heavy atom. The summed E-state index contributed by atoms with van der Waals surface area (Å²) >= 11 is 0. The van der Waals surface area contributed by atoms with Crippen LogP contribution in [0.25, 0.3) is 0 Å². The maximum atomic E-state index is 13.0. The Hall–Kier alpha value is -2.71. The highest BCUT2D eigenvalue weighted by atomic mass is 16.7. The van der Waals surface area contributed by atoms with Crippen LogP contribution in [-0.4, -0.2) is 60.0 Å². The van der Waals surface area contributed by atoms with Crippen molar-refractivity contribution in [1.82, 2.24) is 14.9 Å². The summed E-state index contributed by atoms with van der Waals surface area (Å²) in [7, 11) is 1.61. The maximum Gasteiger partial charge on any atom is 0.272 e. The van der Waals surface area contributed by atoms with Crippen LogP contribution in [0.2, 0.25) is 0 Å². The number of piperidine rings is 1. The van der Waals surface area contributed by atoms with Crippen LogP contribution in [0.5, 0.6) is 5.75 Å². The highest BCUT2D eigenvalue weighted by Gasteiger charge is 2.41. The molecule has 0 aliphatic carbocycles. The second-order valence-corrected chi connectivity index (χ2v) is 7.45. The second kappa shape index (κ2) is 7.96. The summed E-state index contributed by atoms with van der Waals surface area (Å²) in [4.78, 5) is 23.7. The van der Waals surface area contributed by atoms with Crippen molar-refractivity contribution in [2.24, 2.45) is 0 Å². The Balaban J connectivity index is 1.51. The Kier molecular flexibility index (Phi) is 5.38. The van der Waals surface area contributed by atoms with Gasteiger partial charge in [0.25, 0.3) is 5.91 Å². The van der Waals surface area contributed by atoms with Crippen molar-refractivity contribution in [2.45, 2.75) is 32.5 Å². The Morgan fingerprint density at radius 2 is 1.86 bits per heavy atom. The Bertz CT molecular complexity index is 902. The molecule has 2 saturated heterocycles. The number of methoxy groups -OCH3 is 1. The molecule has 2 aromatic rings. The molecule has 2 aliphatic rings.